The monoisotopic (exact) mass is 288 g/mol. The Bertz CT molecular complexity index is 613. The average Bonchev–Trinajstić information content (AvgIpc) is 2.46. The molecular weight excluding hydrogens is 267 g/mol. The lowest BCUT2D eigenvalue weighted by molar-refractivity contribution is 0.402. The number of rotatable bonds is 5. The van der Waals surface area contributed by atoms with E-state index in [9.17, 15) is 4.39 Å². The Hall–Kier alpha value is -2.23. The zero-order valence-corrected chi connectivity index (χ0v) is 12.9. The summed E-state index contributed by atoms with van der Waals surface area (Å²) in [5, 5.41) is 3.32. The summed E-state index contributed by atoms with van der Waals surface area (Å²) in [5.41, 5.74) is 2.57. The molecule has 0 aliphatic heterocycles. The molecule has 0 bridgehead atoms. The smallest absolute Gasteiger partial charge is 0.132 e. The van der Waals surface area contributed by atoms with Gasteiger partial charge in [-0.2, -0.15) is 0 Å². The highest BCUT2D eigenvalue weighted by Crippen LogP contribution is 2.30. The molecule has 2 aromatic rings. The first-order valence-electron chi connectivity index (χ1n) is 6.89. The second kappa shape index (κ2) is 6.48. The molecule has 0 radical (unpaired) electrons. The molecule has 4 heteroatoms. The van der Waals surface area contributed by atoms with Crippen molar-refractivity contribution in [3.8, 4) is 5.75 Å². The van der Waals surface area contributed by atoms with Crippen LogP contribution in [0.3, 0.4) is 0 Å². The third-order valence-electron chi connectivity index (χ3n) is 3.41. The first kappa shape index (κ1) is 15.2. The number of benzene rings is 2. The Balaban J connectivity index is 2.26. The summed E-state index contributed by atoms with van der Waals surface area (Å²) in [7, 11) is 5.53. The van der Waals surface area contributed by atoms with Gasteiger partial charge in [-0.25, -0.2) is 4.39 Å². The van der Waals surface area contributed by atoms with Gasteiger partial charge in [0.15, 0.2) is 0 Å². The molecule has 0 aromatic heterocycles. The maximum absolute atomic E-state index is 14.1. The van der Waals surface area contributed by atoms with Crippen molar-refractivity contribution in [3.05, 3.63) is 53.8 Å². The molecular formula is C17H21FN2O. The summed E-state index contributed by atoms with van der Waals surface area (Å²) in [6, 6.07) is 12.7. The van der Waals surface area contributed by atoms with Gasteiger partial charge in [0, 0.05) is 25.5 Å². The third-order valence-corrected chi connectivity index (χ3v) is 3.41. The quantitative estimate of drug-likeness (QED) is 0.897. The molecule has 0 aliphatic carbocycles. The van der Waals surface area contributed by atoms with Crippen LogP contribution in [-0.4, -0.2) is 21.2 Å². The number of methoxy groups -OCH3 is 1. The van der Waals surface area contributed by atoms with Crippen molar-refractivity contribution >= 4 is 11.4 Å². The van der Waals surface area contributed by atoms with Crippen LogP contribution in [0.2, 0.25) is 0 Å². The van der Waals surface area contributed by atoms with E-state index in [1.807, 2.05) is 50.2 Å². The van der Waals surface area contributed by atoms with Crippen LogP contribution in [-0.2, 0) is 0 Å². The van der Waals surface area contributed by atoms with Gasteiger partial charge >= 0.3 is 0 Å². The molecule has 1 N–H and O–H groups in total. The molecule has 0 saturated heterocycles. The fourth-order valence-corrected chi connectivity index (χ4v) is 2.31. The largest absolute Gasteiger partial charge is 0.496 e. The van der Waals surface area contributed by atoms with Crippen LogP contribution < -0.4 is 15.0 Å². The lowest BCUT2D eigenvalue weighted by atomic mass is 10.1. The number of anilines is 2. The molecule has 0 spiro atoms. The van der Waals surface area contributed by atoms with Crippen LogP contribution in [0.1, 0.15) is 18.5 Å². The molecule has 1 unspecified atom stereocenters. The number of halogens is 1. The van der Waals surface area contributed by atoms with Crippen LogP contribution in [0, 0.1) is 5.82 Å². The van der Waals surface area contributed by atoms with Crippen LogP contribution in [0.25, 0.3) is 0 Å². The van der Waals surface area contributed by atoms with Gasteiger partial charge in [-0.05, 0) is 37.3 Å². The van der Waals surface area contributed by atoms with E-state index in [0.29, 0.717) is 11.3 Å². The van der Waals surface area contributed by atoms with Crippen LogP contribution >= 0.6 is 0 Å². The molecule has 0 fully saturated rings. The lowest BCUT2D eigenvalue weighted by Crippen LogP contribution is -2.12. The minimum absolute atomic E-state index is 0.196. The Morgan fingerprint density at radius 3 is 2.52 bits per heavy atom. The Morgan fingerprint density at radius 2 is 1.86 bits per heavy atom. The fourth-order valence-electron chi connectivity index (χ4n) is 2.31. The van der Waals surface area contributed by atoms with Crippen molar-refractivity contribution in [2.45, 2.75) is 13.0 Å². The summed E-state index contributed by atoms with van der Waals surface area (Å²) >= 11 is 0. The third kappa shape index (κ3) is 3.45. The SMILES string of the molecule is COc1cccc(F)c1C(C)Nc1cccc(N(C)C)c1. The van der Waals surface area contributed by atoms with Crippen molar-refractivity contribution < 1.29 is 9.13 Å². The van der Waals surface area contributed by atoms with E-state index in [1.54, 1.807) is 19.2 Å². The molecule has 112 valence electrons. The average molecular weight is 288 g/mol. The van der Waals surface area contributed by atoms with Crippen molar-refractivity contribution in [1.29, 1.82) is 0 Å². The van der Waals surface area contributed by atoms with E-state index in [4.69, 9.17) is 4.74 Å². The zero-order valence-electron chi connectivity index (χ0n) is 12.9. The molecule has 21 heavy (non-hydrogen) atoms. The van der Waals surface area contributed by atoms with E-state index < -0.39 is 0 Å². The topological polar surface area (TPSA) is 24.5 Å². The Labute approximate surface area is 125 Å². The molecule has 2 aromatic carbocycles. The fraction of sp³-hybridized carbons (Fsp3) is 0.294. The molecule has 0 saturated carbocycles. The number of nitrogens with one attached hydrogen (secondary N) is 1. The Kier molecular flexibility index (Phi) is 4.68. The highest BCUT2D eigenvalue weighted by molar-refractivity contribution is 5.58. The van der Waals surface area contributed by atoms with Gasteiger partial charge in [0.2, 0.25) is 0 Å². The van der Waals surface area contributed by atoms with Gasteiger partial charge in [-0.3, -0.25) is 0 Å². The van der Waals surface area contributed by atoms with Crippen LogP contribution in [0.5, 0.6) is 5.75 Å². The lowest BCUT2D eigenvalue weighted by Gasteiger charge is -2.20. The molecule has 3 nitrogen and oxygen atoms in total. The number of nitrogens with zero attached hydrogens (tertiary/aromatic N) is 1. The van der Waals surface area contributed by atoms with E-state index in [0.717, 1.165) is 11.4 Å². The van der Waals surface area contributed by atoms with E-state index in [1.165, 1.54) is 6.07 Å². The first-order chi connectivity index (χ1) is 10.0. The van der Waals surface area contributed by atoms with Crippen LogP contribution in [0.4, 0.5) is 15.8 Å². The highest BCUT2D eigenvalue weighted by Gasteiger charge is 2.16. The van der Waals surface area contributed by atoms with E-state index >= 15 is 0 Å². The van der Waals surface area contributed by atoms with Gasteiger partial charge in [0.25, 0.3) is 0 Å². The summed E-state index contributed by atoms with van der Waals surface area (Å²) in [6.45, 7) is 1.92. The maximum atomic E-state index is 14.1. The standard InChI is InChI=1S/C17H21FN2O/c1-12(17-15(18)9-6-10-16(17)21-4)19-13-7-5-8-14(11-13)20(2)3/h5-12,19H,1-4H3. The zero-order chi connectivity index (χ0) is 15.4. The van der Waals surface area contributed by atoms with Crippen molar-refractivity contribution in [2.24, 2.45) is 0 Å². The van der Waals surface area contributed by atoms with Gasteiger partial charge in [-0.15, -0.1) is 0 Å². The van der Waals surface area contributed by atoms with Gasteiger partial charge in [0.05, 0.1) is 18.7 Å². The second-order valence-electron chi connectivity index (χ2n) is 5.17. The van der Waals surface area contributed by atoms with Crippen molar-refractivity contribution in [2.75, 3.05) is 31.4 Å². The minimum atomic E-state index is -0.266. The van der Waals surface area contributed by atoms with Crippen molar-refractivity contribution in [3.63, 3.8) is 0 Å². The number of ether oxygens (including phenoxy) is 1. The molecule has 0 amide bonds. The van der Waals surface area contributed by atoms with Crippen molar-refractivity contribution in [1.82, 2.24) is 0 Å². The maximum Gasteiger partial charge on any atom is 0.132 e. The summed E-state index contributed by atoms with van der Waals surface area (Å²) in [6.07, 6.45) is 0. The van der Waals surface area contributed by atoms with Gasteiger partial charge in [0.1, 0.15) is 11.6 Å². The molecule has 2 rings (SSSR count). The predicted molar refractivity (Wildman–Crippen MR) is 85.8 cm³/mol. The predicted octanol–water partition coefficient (Wildman–Crippen LogP) is 4.07. The normalized spacial score (nSPS) is 11.9. The summed E-state index contributed by atoms with van der Waals surface area (Å²) < 4.78 is 19.3. The highest BCUT2D eigenvalue weighted by atomic mass is 19.1. The minimum Gasteiger partial charge on any atom is -0.496 e. The van der Waals surface area contributed by atoms with Gasteiger partial charge in [-0.1, -0.05) is 12.1 Å². The number of hydrogen-bond donors (Lipinski definition) is 1. The molecule has 0 heterocycles. The first-order valence-corrected chi connectivity index (χ1v) is 6.89. The molecule has 1 atom stereocenters. The van der Waals surface area contributed by atoms with E-state index in [-0.39, 0.29) is 11.9 Å². The van der Waals surface area contributed by atoms with Gasteiger partial charge < -0.3 is 15.0 Å². The van der Waals surface area contributed by atoms with Crippen LogP contribution in [0.15, 0.2) is 42.5 Å². The molecule has 0 aliphatic rings. The summed E-state index contributed by atoms with van der Waals surface area (Å²) in [5.74, 6) is 0.289. The Morgan fingerprint density at radius 1 is 1.14 bits per heavy atom. The second-order valence-corrected chi connectivity index (χ2v) is 5.17. The summed E-state index contributed by atoms with van der Waals surface area (Å²) in [4.78, 5) is 2.03. The number of hydrogen-bond acceptors (Lipinski definition) is 3. The van der Waals surface area contributed by atoms with E-state index in [2.05, 4.69) is 5.32 Å².